The molecule has 2 heterocycles. The predicted molar refractivity (Wildman–Crippen MR) is 128 cm³/mol. The van der Waals surface area contributed by atoms with Gasteiger partial charge in [-0.2, -0.15) is 5.26 Å². The van der Waals surface area contributed by atoms with E-state index in [4.69, 9.17) is 9.47 Å². The number of nitrogens with zero attached hydrogens (tertiary/aromatic N) is 2. The van der Waals surface area contributed by atoms with Crippen molar-refractivity contribution in [2.24, 2.45) is 0 Å². The second-order valence-corrected chi connectivity index (χ2v) is 8.90. The van der Waals surface area contributed by atoms with Crippen LogP contribution >= 0.6 is 11.8 Å². The molecule has 2 amide bonds. The molecule has 3 aromatic rings. The van der Waals surface area contributed by atoms with Gasteiger partial charge in [0, 0.05) is 12.2 Å². The molecule has 0 unspecified atom stereocenters. The Morgan fingerprint density at radius 2 is 1.91 bits per heavy atom. The molecule has 1 aliphatic rings. The molecule has 34 heavy (non-hydrogen) atoms. The van der Waals surface area contributed by atoms with E-state index in [1.165, 1.54) is 17.8 Å². The third-order valence-corrected chi connectivity index (χ3v) is 6.24. The summed E-state index contributed by atoms with van der Waals surface area (Å²) in [5.74, 6) is 0.796. The van der Waals surface area contributed by atoms with Gasteiger partial charge < -0.3 is 20.1 Å². The third-order valence-electron chi connectivity index (χ3n) is 5.14. The number of thioether (sulfide) groups is 1. The lowest BCUT2D eigenvalue weighted by molar-refractivity contribution is -0.120. The maximum Gasteiger partial charge on any atom is 0.257 e. The number of aromatic nitrogens is 1. The zero-order valence-corrected chi connectivity index (χ0v) is 19.4. The number of carbonyl (C=O) groups is 2. The Morgan fingerprint density at radius 3 is 2.68 bits per heavy atom. The van der Waals surface area contributed by atoms with E-state index in [9.17, 15) is 14.9 Å². The molecule has 1 atom stereocenters. The molecule has 0 bridgehead atoms. The van der Waals surface area contributed by atoms with Crippen LogP contribution in [0.5, 0.6) is 11.5 Å². The minimum Gasteiger partial charge on any atom is -0.454 e. The molecule has 0 fully saturated rings. The number of carbonyl (C=O) groups excluding carboxylic acids is 2. The Hall–Kier alpha value is -4.03. The fourth-order valence-electron chi connectivity index (χ4n) is 3.31. The summed E-state index contributed by atoms with van der Waals surface area (Å²) in [7, 11) is 0. The molecule has 8 nitrogen and oxygen atoms in total. The molecule has 9 heteroatoms. The van der Waals surface area contributed by atoms with Crippen molar-refractivity contribution in [1.82, 2.24) is 10.3 Å². The molecule has 0 saturated heterocycles. The first-order valence-corrected chi connectivity index (χ1v) is 11.4. The summed E-state index contributed by atoms with van der Waals surface area (Å²) in [5, 5.41) is 15.2. The number of hydrogen-bond acceptors (Lipinski definition) is 7. The maximum atomic E-state index is 12.7. The van der Waals surface area contributed by atoms with Crippen molar-refractivity contribution in [3.8, 4) is 17.6 Å². The van der Waals surface area contributed by atoms with Crippen LogP contribution in [0.25, 0.3) is 0 Å². The zero-order valence-electron chi connectivity index (χ0n) is 18.6. The number of hydrogen-bond donors (Lipinski definition) is 2. The first kappa shape index (κ1) is 23.1. The SMILES string of the molecule is Cc1nc(S[C@@H](C)C(=O)NCc2ccc3c(c2)OCO3)c(C#N)cc1C(=O)Nc1ccccc1. The first-order valence-electron chi connectivity index (χ1n) is 10.6. The number of pyridine rings is 1. The van der Waals surface area contributed by atoms with Crippen molar-refractivity contribution in [1.29, 1.82) is 5.26 Å². The second kappa shape index (κ2) is 10.3. The summed E-state index contributed by atoms with van der Waals surface area (Å²) >= 11 is 1.17. The van der Waals surface area contributed by atoms with Crippen LogP contribution in [0.1, 0.15) is 34.1 Å². The van der Waals surface area contributed by atoms with Gasteiger partial charge in [-0.25, -0.2) is 4.98 Å². The van der Waals surface area contributed by atoms with Crippen molar-refractivity contribution >= 4 is 29.3 Å². The Labute approximate surface area is 201 Å². The highest BCUT2D eigenvalue weighted by Crippen LogP contribution is 2.32. The number of nitriles is 1. The van der Waals surface area contributed by atoms with Crippen molar-refractivity contribution in [3.05, 3.63) is 77.0 Å². The largest absolute Gasteiger partial charge is 0.454 e. The van der Waals surface area contributed by atoms with E-state index in [1.54, 1.807) is 26.0 Å². The minimum absolute atomic E-state index is 0.194. The number of para-hydroxylation sites is 1. The highest BCUT2D eigenvalue weighted by molar-refractivity contribution is 8.00. The Balaban J connectivity index is 1.41. The fraction of sp³-hybridized carbons (Fsp3) is 0.200. The number of ether oxygens (including phenoxy) is 2. The molecule has 2 aromatic carbocycles. The summed E-state index contributed by atoms with van der Waals surface area (Å²) in [4.78, 5) is 29.8. The van der Waals surface area contributed by atoms with E-state index >= 15 is 0 Å². The molecule has 4 rings (SSSR count). The summed E-state index contributed by atoms with van der Waals surface area (Å²) in [5.41, 5.74) is 2.56. The lowest BCUT2D eigenvalue weighted by Gasteiger charge is -2.14. The van der Waals surface area contributed by atoms with Crippen molar-refractivity contribution in [2.45, 2.75) is 30.7 Å². The van der Waals surface area contributed by atoms with E-state index in [0.717, 1.165) is 5.56 Å². The van der Waals surface area contributed by atoms with Crippen molar-refractivity contribution < 1.29 is 19.1 Å². The lowest BCUT2D eigenvalue weighted by Crippen LogP contribution is -2.30. The molecule has 1 aromatic heterocycles. The molecule has 2 N–H and O–H groups in total. The van der Waals surface area contributed by atoms with Crippen molar-refractivity contribution in [2.75, 3.05) is 12.1 Å². The Bertz CT molecular complexity index is 1270. The Kier molecular flexibility index (Phi) is 6.99. The van der Waals surface area contributed by atoms with Gasteiger partial charge in [-0.15, -0.1) is 0 Å². The van der Waals surface area contributed by atoms with Gasteiger partial charge in [0.2, 0.25) is 12.7 Å². The Morgan fingerprint density at radius 1 is 1.15 bits per heavy atom. The molecule has 0 aliphatic carbocycles. The van der Waals surface area contributed by atoms with Gasteiger partial charge in [-0.05, 0) is 49.7 Å². The predicted octanol–water partition coefficient (Wildman–Crippen LogP) is 4.04. The topological polar surface area (TPSA) is 113 Å². The van der Waals surface area contributed by atoms with Gasteiger partial charge in [0.15, 0.2) is 11.5 Å². The zero-order chi connectivity index (χ0) is 24.1. The van der Waals surface area contributed by atoms with Crippen LogP contribution in [-0.2, 0) is 11.3 Å². The normalized spacial score (nSPS) is 12.5. The molecule has 0 spiro atoms. The summed E-state index contributed by atoms with van der Waals surface area (Å²) in [6.45, 7) is 3.97. The maximum absolute atomic E-state index is 12.7. The van der Waals surface area contributed by atoms with Crippen LogP contribution in [0.4, 0.5) is 5.69 Å². The lowest BCUT2D eigenvalue weighted by atomic mass is 10.1. The van der Waals surface area contributed by atoms with Gasteiger partial charge in [-0.3, -0.25) is 9.59 Å². The van der Waals surface area contributed by atoms with Gasteiger partial charge in [0.1, 0.15) is 11.1 Å². The van der Waals surface area contributed by atoms with E-state index in [-0.39, 0.29) is 24.2 Å². The van der Waals surface area contributed by atoms with Crippen LogP contribution in [0.3, 0.4) is 0 Å². The summed E-state index contributed by atoms with van der Waals surface area (Å²) in [6, 6.07) is 18.2. The fourth-order valence-corrected chi connectivity index (χ4v) is 4.25. The summed E-state index contributed by atoms with van der Waals surface area (Å²) in [6.07, 6.45) is 0. The van der Waals surface area contributed by atoms with E-state index in [0.29, 0.717) is 40.0 Å². The standard InChI is InChI=1S/C25H22N4O4S/c1-15-20(24(31)29-19-6-4-3-5-7-19)11-18(12-26)25(28-15)34-16(2)23(30)27-13-17-8-9-21-22(10-17)33-14-32-21/h3-11,16H,13-14H2,1-2H3,(H,27,30)(H,29,31)/t16-/m0/s1. The molecule has 0 saturated carbocycles. The van der Waals surface area contributed by atoms with Crippen LogP contribution < -0.4 is 20.1 Å². The minimum atomic E-state index is -0.503. The van der Waals surface area contributed by atoms with Gasteiger partial charge in [0.05, 0.1) is 22.1 Å². The van der Waals surface area contributed by atoms with Crippen LogP contribution in [-0.4, -0.2) is 28.8 Å². The average Bonchev–Trinajstić information content (AvgIpc) is 3.31. The van der Waals surface area contributed by atoms with E-state index < -0.39 is 5.25 Å². The first-order chi connectivity index (χ1) is 16.4. The quantitative estimate of drug-likeness (QED) is 0.497. The molecule has 0 radical (unpaired) electrons. The molecule has 172 valence electrons. The van der Waals surface area contributed by atoms with Crippen LogP contribution in [0, 0.1) is 18.3 Å². The highest BCUT2D eigenvalue weighted by atomic mass is 32.2. The van der Waals surface area contributed by atoms with Crippen LogP contribution in [0.15, 0.2) is 59.6 Å². The third kappa shape index (κ3) is 5.30. The molecular weight excluding hydrogens is 452 g/mol. The number of aryl methyl sites for hydroxylation is 1. The van der Waals surface area contributed by atoms with Gasteiger partial charge >= 0.3 is 0 Å². The smallest absolute Gasteiger partial charge is 0.257 e. The number of nitrogens with one attached hydrogen (secondary N) is 2. The van der Waals surface area contributed by atoms with E-state index in [2.05, 4.69) is 21.7 Å². The number of amides is 2. The average molecular weight is 475 g/mol. The van der Waals surface area contributed by atoms with Crippen molar-refractivity contribution in [3.63, 3.8) is 0 Å². The number of fused-ring (bicyclic) bond motifs is 1. The number of benzene rings is 2. The number of anilines is 1. The molecular formula is C25H22N4O4S. The highest BCUT2D eigenvalue weighted by Gasteiger charge is 2.21. The second-order valence-electron chi connectivity index (χ2n) is 7.57. The van der Waals surface area contributed by atoms with Gasteiger partial charge in [-0.1, -0.05) is 36.0 Å². The summed E-state index contributed by atoms with van der Waals surface area (Å²) < 4.78 is 10.7. The van der Waals surface area contributed by atoms with Gasteiger partial charge in [0.25, 0.3) is 5.91 Å². The molecule has 1 aliphatic heterocycles. The monoisotopic (exact) mass is 474 g/mol. The number of rotatable bonds is 7. The van der Waals surface area contributed by atoms with E-state index in [1.807, 2.05) is 36.4 Å². The van der Waals surface area contributed by atoms with Crippen LogP contribution in [0.2, 0.25) is 0 Å².